The molecule has 4 heteroatoms. The summed E-state index contributed by atoms with van der Waals surface area (Å²) >= 11 is 6.35. The Morgan fingerprint density at radius 3 is 2.80 bits per heavy atom. The van der Waals surface area contributed by atoms with Crippen LogP contribution in [-0.4, -0.2) is 10.2 Å². The first-order valence-corrected chi connectivity index (χ1v) is 4.54. The standard InChI is InChI=1S/C6H9N2S2/c1-2-3-4-5-7-8-6(9)10-5/h2-4H2,1H3. The first-order chi connectivity index (χ1) is 4.83. The molecule has 0 unspecified atom stereocenters. The Kier molecular flexibility index (Phi) is 3.02. The van der Waals surface area contributed by atoms with Crippen molar-refractivity contribution < 1.29 is 0 Å². The van der Waals surface area contributed by atoms with E-state index in [1.54, 1.807) is 0 Å². The van der Waals surface area contributed by atoms with E-state index >= 15 is 0 Å². The van der Waals surface area contributed by atoms with E-state index in [0.717, 1.165) is 11.4 Å². The zero-order valence-electron chi connectivity index (χ0n) is 5.83. The van der Waals surface area contributed by atoms with Gasteiger partial charge in [-0.3, -0.25) is 0 Å². The zero-order chi connectivity index (χ0) is 7.40. The van der Waals surface area contributed by atoms with Crippen molar-refractivity contribution >= 4 is 24.0 Å². The molecule has 55 valence electrons. The second-order valence-electron chi connectivity index (χ2n) is 2.07. The summed E-state index contributed by atoms with van der Waals surface area (Å²) in [6.07, 6.45) is 3.42. The van der Waals surface area contributed by atoms with E-state index in [9.17, 15) is 0 Å². The van der Waals surface area contributed by atoms with Crippen LogP contribution < -0.4 is 0 Å². The average molecular weight is 173 g/mol. The summed E-state index contributed by atoms with van der Waals surface area (Å²) in [6.45, 7) is 2.16. The maximum Gasteiger partial charge on any atom is 0.204 e. The van der Waals surface area contributed by atoms with Gasteiger partial charge in [0, 0.05) is 6.42 Å². The topological polar surface area (TPSA) is 25.8 Å². The Bertz CT molecular complexity index is 197. The minimum absolute atomic E-state index is 0.658. The van der Waals surface area contributed by atoms with Crippen molar-refractivity contribution in [2.45, 2.75) is 30.5 Å². The predicted molar refractivity (Wildman–Crippen MR) is 44.4 cm³/mol. The number of aryl methyl sites for hydroxylation is 1. The smallest absolute Gasteiger partial charge is 0.142 e. The van der Waals surface area contributed by atoms with Crippen molar-refractivity contribution in [1.82, 2.24) is 10.2 Å². The van der Waals surface area contributed by atoms with Crippen LogP contribution in [0.15, 0.2) is 4.34 Å². The maximum absolute atomic E-state index is 4.83. The average Bonchev–Trinajstić information content (AvgIpc) is 2.31. The van der Waals surface area contributed by atoms with Gasteiger partial charge in [0.2, 0.25) is 4.34 Å². The van der Waals surface area contributed by atoms with Gasteiger partial charge in [0.05, 0.1) is 0 Å². The minimum Gasteiger partial charge on any atom is -0.142 e. The largest absolute Gasteiger partial charge is 0.204 e. The molecule has 1 heterocycles. The van der Waals surface area contributed by atoms with Crippen LogP contribution in [-0.2, 0) is 6.42 Å². The third-order valence-corrected chi connectivity index (χ3v) is 2.30. The molecule has 0 fully saturated rings. The molecule has 1 aromatic rings. The van der Waals surface area contributed by atoms with E-state index in [1.165, 1.54) is 24.2 Å². The Morgan fingerprint density at radius 1 is 1.50 bits per heavy atom. The van der Waals surface area contributed by atoms with Crippen LogP contribution in [0, 0.1) is 0 Å². The molecule has 10 heavy (non-hydrogen) atoms. The summed E-state index contributed by atoms with van der Waals surface area (Å²) in [7, 11) is 0. The van der Waals surface area contributed by atoms with Gasteiger partial charge >= 0.3 is 0 Å². The molecule has 1 rings (SSSR count). The molecule has 0 N–H and O–H groups in total. The lowest BCUT2D eigenvalue weighted by molar-refractivity contribution is 0.777. The molecule has 2 nitrogen and oxygen atoms in total. The number of nitrogens with zero attached hydrogens (tertiary/aromatic N) is 2. The Hall–Kier alpha value is -0.220. The number of hydrogen-bond donors (Lipinski definition) is 0. The highest BCUT2D eigenvalue weighted by Gasteiger charge is 1.98. The highest BCUT2D eigenvalue weighted by atomic mass is 32.2. The van der Waals surface area contributed by atoms with Gasteiger partial charge in [-0.25, -0.2) is 0 Å². The third kappa shape index (κ3) is 2.19. The molecular weight excluding hydrogens is 164 g/mol. The zero-order valence-corrected chi connectivity index (χ0v) is 7.47. The van der Waals surface area contributed by atoms with Crippen molar-refractivity contribution in [2.75, 3.05) is 0 Å². The molecule has 0 aliphatic heterocycles. The first kappa shape index (κ1) is 7.88. The Morgan fingerprint density at radius 2 is 2.30 bits per heavy atom. The molecule has 0 saturated heterocycles. The van der Waals surface area contributed by atoms with Crippen LogP contribution in [0.1, 0.15) is 24.8 Å². The van der Waals surface area contributed by atoms with Gasteiger partial charge in [0.15, 0.2) is 0 Å². The highest BCUT2D eigenvalue weighted by molar-refractivity contribution is 7.82. The van der Waals surface area contributed by atoms with Crippen LogP contribution >= 0.6 is 24.0 Å². The lowest BCUT2D eigenvalue weighted by Crippen LogP contribution is -1.81. The van der Waals surface area contributed by atoms with Gasteiger partial charge in [-0.2, -0.15) is 0 Å². The van der Waals surface area contributed by atoms with E-state index in [1.807, 2.05) is 0 Å². The number of hydrogen-bond acceptors (Lipinski definition) is 3. The summed E-state index contributed by atoms with van der Waals surface area (Å²) in [5.41, 5.74) is 0. The lowest BCUT2D eigenvalue weighted by atomic mass is 10.3. The first-order valence-electron chi connectivity index (χ1n) is 3.32. The summed E-state index contributed by atoms with van der Waals surface area (Å²) < 4.78 is 0.658. The van der Waals surface area contributed by atoms with E-state index in [0.29, 0.717) is 4.34 Å². The van der Waals surface area contributed by atoms with E-state index < -0.39 is 0 Å². The van der Waals surface area contributed by atoms with Gasteiger partial charge in [-0.05, 0) is 19.0 Å². The fourth-order valence-corrected chi connectivity index (χ4v) is 1.61. The SMILES string of the molecule is CCCCc1nnc([S])s1. The summed E-state index contributed by atoms with van der Waals surface area (Å²) in [5.74, 6) is 0. The molecule has 0 aliphatic carbocycles. The molecule has 0 saturated carbocycles. The molecule has 1 aromatic heterocycles. The van der Waals surface area contributed by atoms with E-state index in [4.69, 9.17) is 12.6 Å². The van der Waals surface area contributed by atoms with Crippen LogP contribution in [0.25, 0.3) is 0 Å². The van der Waals surface area contributed by atoms with Crippen LogP contribution in [0.3, 0.4) is 0 Å². The summed E-state index contributed by atoms with van der Waals surface area (Å²) in [4.78, 5) is 0. The molecule has 0 bridgehead atoms. The molecule has 0 amide bonds. The van der Waals surface area contributed by atoms with Crippen LogP contribution in [0.2, 0.25) is 0 Å². The number of aromatic nitrogens is 2. The summed E-state index contributed by atoms with van der Waals surface area (Å²) in [6, 6.07) is 0. The molecular formula is C6H9N2S2. The second kappa shape index (κ2) is 3.83. The fourth-order valence-electron chi connectivity index (χ4n) is 0.667. The van der Waals surface area contributed by atoms with E-state index in [2.05, 4.69) is 17.1 Å². The van der Waals surface area contributed by atoms with Crippen molar-refractivity contribution in [3.8, 4) is 0 Å². The number of unbranched alkanes of at least 4 members (excludes halogenated alkanes) is 1. The van der Waals surface area contributed by atoms with Crippen molar-refractivity contribution in [1.29, 1.82) is 0 Å². The quantitative estimate of drug-likeness (QED) is 0.701. The molecule has 0 atom stereocenters. The van der Waals surface area contributed by atoms with Gasteiger partial charge in [-0.15, -0.1) is 10.2 Å². The third-order valence-electron chi connectivity index (χ3n) is 1.19. The van der Waals surface area contributed by atoms with Gasteiger partial charge in [0.25, 0.3) is 0 Å². The number of rotatable bonds is 3. The highest BCUT2D eigenvalue weighted by Crippen LogP contribution is 2.14. The maximum atomic E-state index is 4.83. The minimum atomic E-state index is 0.658. The monoisotopic (exact) mass is 173 g/mol. The molecule has 0 aliphatic rings. The van der Waals surface area contributed by atoms with Crippen LogP contribution in [0.4, 0.5) is 0 Å². The Balaban J connectivity index is 2.42. The second-order valence-corrected chi connectivity index (χ2v) is 3.77. The molecule has 1 radical (unpaired) electrons. The lowest BCUT2D eigenvalue weighted by Gasteiger charge is -1.87. The van der Waals surface area contributed by atoms with Crippen molar-refractivity contribution in [2.24, 2.45) is 0 Å². The van der Waals surface area contributed by atoms with Gasteiger partial charge in [0.1, 0.15) is 5.01 Å². The molecule has 0 spiro atoms. The van der Waals surface area contributed by atoms with Crippen molar-refractivity contribution in [3.05, 3.63) is 5.01 Å². The fraction of sp³-hybridized carbons (Fsp3) is 0.667. The van der Waals surface area contributed by atoms with Crippen molar-refractivity contribution in [3.63, 3.8) is 0 Å². The summed E-state index contributed by atoms with van der Waals surface area (Å²) in [5, 5.41) is 8.75. The van der Waals surface area contributed by atoms with E-state index in [-0.39, 0.29) is 0 Å². The predicted octanol–water partition coefficient (Wildman–Crippen LogP) is 2.44. The van der Waals surface area contributed by atoms with Crippen LogP contribution in [0.5, 0.6) is 0 Å². The normalized spacial score (nSPS) is 10.1. The van der Waals surface area contributed by atoms with Gasteiger partial charge in [-0.1, -0.05) is 24.7 Å². The Labute approximate surface area is 70.1 Å². The van der Waals surface area contributed by atoms with Gasteiger partial charge < -0.3 is 0 Å². The molecule has 0 aromatic carbocycles.